The molecule has 0 unspecified atom stereocenters. The Bertz CT molecular complexity index is 385. The van der Waals surface area contributed by atoms with E-state index in [1.165, 1.54) is 0 Å². The molecule has 0 saturated carbocycles. The highest BCUT2D eigenvalue weighted by Gasteiger charge is 2.06. The Morgan fingerprint density at radius 3 is 2.55 bits per heavy atom. The molecule has 0 fully saturated rings. The first-order valence-electron chi connectivity index (χ1n) is 6.72. The maximum Gasteiger partial charge on any atom is 0.240 e. The minimum Gasteiger partial charge on any atom is -0.476 e. The summed E-state index contributed by atoms with van der Waals surface area (Å²) in [5.74, 6) is 1.31. The van der Waals surface area contributed by atoms with Crippen molar-refractivity contribution in [2.45, 2.75) is 13.8 Å². The number of methoxy groups -OCH3 is 1. The molecule has 1 heterocycles. The molecule has 0 radical (unpaired) electrons. The van der Waals surface area contributed by atoms with Gasteiger partial charge >= 0.3 is 0 Å². The molecule has 2 N–H and O–H groups in total. The number of anilines is 1. The van der Waals surface area contributed by atoms with E-state index in [-0.39, 0.29) is 0 Å². The summed E-state index contributed by atoms with van der Waals surface area (Å²) < 4.78 is 21.2. The zero-order valence-corrected chi connectivity index (χ0v) is 12.4. The van der Waals surface area contributed by atoms with Gasteiger partial charge in [-0.3, -0.25) is 0 Å². The van der Waals surface area contributed by atoms with E-state index in [0.29, 0.717) is 56.4 Å². The number of nitrogen functional groups attached to an aromatic ring is 1. The summed E-state index contributed by atoms with van der Waals surface area (Å²) in [6, 6.07) is 3.44. The highest BCUT2D eigenvalue weighted by molar-refractivity contribution is 5.49. The summed E-state index contributed by atoms with van der Waals surface area (Å²) in [6.45, 7) is 6.73. The first-order chi connectivity index (χ1) is 9.63. The second-order valence-corrected chi connectivity index (χ2v) is 4.70. The molecule has 0 aromatic carbocycles. The van der Waals surface area contributed by atoms with Crippen LogP contribution < -0.4 is 15.2 Å². The lowest BCUT2D eigenvalue weighted by Gasteiger charge is -2.12. The molecule has 6 heteroatoms. The molecular weight excluding hydrogens is 260 g/mol. The number of nitrogens with two attached hydrogens (primary N) is 1. The van der Waals surface area contributed by atoms with E-state index < -0.39 is 0 Å². The quantitative estimate of drug-likeness (QED) is 0.660. The number of nitrogens with zero attached hydrogens (tertiary/aromatic N) is 1. The van der Waals surface area contributed by atoms with Gasteiger partial charge in [-0.1, -0.05) is 13.8 Å². The lowest BCUT2D eigenvalue weighted by atomic mass is 10.2. The topological polar surface area (TPSA) is 75.8 Å². The summed E-state index contributed by atoms with van der Waals surface area (Å²) in [5.41, 5.74) is 6.31. The average Bonchev–Trinajstić information content (AvgIpc) is 2.42. The lowest BCUT2D eigenvalue weighted by molar-refractivity contribution is 0.0535. The minimum absolute atomic E-state index is 0.412. The van der Waals surface area contributed by atoms with Crippen LogP contribution in [0.2, 0.25) is 0 Å². The Hall–Kier alpha value is -1.53. The minimum atomic E-state index is 0.412. The van der Waals surface area contributed by atoms with Crippen LogP contribution in [0.3, 0.4) is 0 Å². The van der Waals surface area contributed by atoms with Crippen molar-refractivity contribution in [3.8, 4) is 11.8 Å². The number of rotatable bonds is 10. The predicted octanol–water partition coefficient (Wildman–Crippen LogP) is 1.74. The van der Waals surface area contributed by atoms with Gasteiger partial charge in [0.05, 0.1) is 32.1 Å². The van der Waals surface area contributed by atoms with Gasteiger partial charge in [0, 0.05) is 13.2 Å². The molecule has 1 rings (SSSR count). The standard InChI is InChI=1S/C14H24N2O4/c1-11(2)10-20-14-12(15)4-5-13(16-14)19-9-8-18-7-6-17-3/h4-5,11H,6-10,15H2,1-3H3. The van der Waals surface area contributed by atoms with Crippen molar-refractivity contribution < 1.29 is 18.9 Å². The van der Waals surface area contributed by atoms with Crippen LogP contribution in [0.1, 0.15) is 13.8 Å². The molecular formula is C14H24N2O4. The molecule has 0 saturated heterocycles. The van der Waals surface area contributed by atoms with Crippen molar-refractivity contribution >= 4 is 5.69 Å². The third kappa shape index (κ3) is 6.58. The number of pyridine rings is 1. The number of hydrogen-bond donors (Lipinski definition) is 1. The Labute approximate surface area is 120 Å². The van der Waals surface area contributed by atoms with Crippen molar-refractivity contribution in [3.63, 3.8) is 0 Å². The second-order valence-electron chi connectivity index (χ2n) is 4.70. The van der Waals surface area contributed by atoms with Crippen molar-refractivity contribution in [3.05, 3.63) is 12.1 Å². The van der Waals surface area contributed by atoms with E-state index in [1.54, 1.807) is 19.2 Å². The summed E-state index contributed by atoms with van der Waals surface area (Å²) >= 11 is 0. The molecule has 20 heavy (non-hydrogen) atoms. The third-order valence-electron chi connectivity index (χ3n) is 2.33. The Balaban J connectivity index is 2.36. The van der Waals surface area contributed by atoms with E-state index in [0.717, 1.165) is 0 Å². The fourth-order valence-electron chi connectivity index (χ4n) is 1.33. The van der Waals surface area contributed by atoms with Gasteiger partial charge in [0.1, 0.15) is 6.61 Å². The second kappa shape index (κ2) is 9.39. The largest absolute Gasteiger partial charge is 0.476 e. The average molecular weight is 284 g/mol. The summed E-state index contributed by atoms with van der Waals surface area (Å²) in [6.07, 6.45) is 0. The van der Waals surface area contributed by atoms with Gasteiger partial charge in [-0.25, -0.2) is 0 Å². The monoisotopic (exact) mass is 284 g/mol. The van der Waals surface area contributed by atoms with E-state index in [1.807, 2.05) is 0 Å². The van der Waals surface area contributed by atoms with Crippen LogP contribution in [0, 0.1) is 5.92 Å². The highest BCUT2D eigenvalue weighted by atomic mass is 16.5. The first kappa shape index (κ1) is 16.5. The molecule has 0 aliphatic carbocycles. The molecule has 0 amide bonds. The Kier molecular flexibility index (Phi) is 7.75. The zero-order valence-electron chi connectivity index (χ0n) is 12.4. The summed E-state index contributed by atoms with van der Waals surface area (Å²) in [4.78, 5) is 4.23. The van der Waals surface area contributed by atoms with Gasteiger partial charge in [0.2, 0.25) is 11.8 Å². The molecule has 1 aromatic rings. The van der Waals surface area contributed by atoms with Crippen molar-refractivity contribution in [2.75, 3.05) is 45.9 Å². The van der Waals surface area contributed by atoms with E-state index in [9.17, 15) is 0 Å². The van der Waals surface area contributed by atoms with Gasteiger partial charge in [-0.05, 0) is 12.0 Å². The molecule has 0 aliphatic rings. The zero-order chi connectivity index (χ0) is 14.8. The molecule has 0 bridgehead atoms. The van der Waals surface area contributed by atoms with Crippen LogP contribution in [0.15, 0.2) is 12.1 Å². The number of aromatic nitrogens is 1. The molecule has 0 spiro atoms. The van der Waals surface area contributed by atoms with E-state index >= 15 is 0 Å². The molecule has 6 nitrogen and oxygen atoms in total. The Morgan fingerprint density at radius 2 is 1.85 bits per heavy atom. The van der Waals surface area contributed by atoms with Crippen molar-refractivity contribution in [1.29, 1.82) is 0 Å². The van der Waals surface area contributed by atoms with Crippen LogP contribution >= 0.6 is 0 Å². The maximum atomic E-state index is 5.80. The van der Waals surface area contributed by atoms with Gasteiger partial charge in [0.25, 0.3) is 0 Å². The van der Waals surface area contributed by atoms with E-state index in [2.05, 4.69) is 18.8 Å². The van der Waals surface area contributed by atoms with Gasteiger partial charge in [0.15, 0.2) is 0 Å². The SMILES string of the molecule is COCCOCCOc1ccc(N)c(OCC(C)C)n1. The highest BCUT2D eigenvalue weighted by Crippen LogP contribution is 2.22. The van der Waals surface area contributed by atoms with Gasteiger partial charge in [-0.2, -0.15) is 4.98 Å². The van der Waals surface area contributed by atoms with Crippen molar-refractivity contribution in [1.82, 2.24) is 4.98 Å². The van der Waals surface area contributed by atoms with Crippen LogP contribution in [0.4, 0.5) is 5.69 Å². The molecule has 0 aliphatic heterocycles. The van der Waals surface area contributed by atoms with Crippen molar-refractivity contribution in [2.24, 2.45) is 5.92 Å². The Morgan fingerprint density at radius 1 is 1.10 bits per heavy atom. The number of ether oxygens (including phenoxy) is 4. The fourth-order valence-corrected chi connectivity index (χ4v) is 1.33. The predicted molar refractivity (Wildman–Crippen MR) is 77.2 cm³/mol. The fraction of sp³-hybridized carbons (Fsp3) is 0.643. The summed E-state index contributed by atoms with van der Waals surface area (Å²) in [7, 11) is 1.64. The normalized spacial score (nSPS) is 10.8. The third-order valence-corrected chi connectivity index (χ3v) is 2.33. The van der Waals surface area contributed by atoms with Crippen LogP contribution in [0.25, 0.3) is 0 Å². The van der Waals surface area contributed by atoms with Crippen LogP contribution in [-0.2, 0) is 9.47 Å². The van der Waals surface area contributed by atoms with Gasteiger partial charge in [-0.15, -0.1) is 0 Å². The lowest BCUT2D eigenvalue weighted by Crippen LogP contribution is -2.11. The first-order valence-corrected chi connectivity index (χ1v) is 6.72. The van der Waals surface area contributed by atoms with Crippen LogP contribution in [0.5, 0.6) is 11.8 Å². The maximum absolute atomic E-state index is 5.80. The number of hydrogen-bond acceptors (Lipinski definition) is 6. The molecule has 1 aromatic heterocycles. The van der Waals surface area contributed by atoms with Crippen LogP contribution in [-0.4, -0.2) is 45.1 Å². The van der Waals surface area contributed by atoms with Gasteiger partial charge < -0.3 is 24.7 Å². The summed E-state index contributed by atoms with van der Waals surface area (Å²) in [5, 5.41) is 0. The smallest absolute Gasteiger partial charge is 0.240 e. The molecule has 0 atom stereocenters. The molecule has 114 valence electrons. The van der Waals surface area contributed by atoms with E-state index in [4.69, 9.17) is 24.7 Å².